The molecule has 7 nitrogen and oxygen atoms in total. The summed E-state index contributed by atoms with van der Waals surface area (Å²) in [6, 6.07) is 10.4. The van der Waals surface area contributed by atoms with Crippen molar-refractivity contribution in [3.8, 4) is 11.5 Å². The van der Waals surface area contributed by atoms with Crippen LogP contribution in [-0.4, -0.2) is 35.2 Å². The summed E-state index contributed by atoms with van der Waals surface area (Å²) >= 11 is 0. The van der Waals surface area contributed by atoms with E-state index in [9.17, 15) is 9.90 Å². The molecule has 1 aliphatic rings. The summed E-state index contributed by atoms with van der Waals surface area (Å²) in [4.78, 5) is 16.2. The number of carbonyl (C=O) groups is 1. The first kappa shape index (κ1) is 17.2. The van der Waals surface area contributed by atoms with Gasteiger partial charge in [0.25, 0.3) is 0 Å². The quantitative estimate of drug-likeness (QED) is 0.566. The lowest BCUT2D eigenvalue weighted by Crippen LogP contribution is -2.43. The maximum absolute atomic E-state index is 12.2. The summed E-state index contributed by atoms with van der Waals surface area (Å²) in [6.45, 7) is 1.06. The number of para-hydroxylation sites is 1. The lowest BCUT2D eigenvalue weighted by atomic mass is 10.0. The number of amides is 1. The van der Waals surface area contributed by atoms with Crippen molar-refractivity contribution < 1.29 is 14.6 Å². The molecule has 0 saturated carbocycles. The van der Waals surface area contributed by atoms with E-state index in [1.54, 1.807) is 24.5 Å². The standard InChI is InChI=1S/C18H22N4O3/c23-17-7-2-1-6-14(17)15-11-16(22-21-15)18(24)20-9-4-10-25-13-5-3-8-19-12-13/h1-3,5-8,12,15-16,21-23H,4,9-11H2,(H,20,24). The lowest BCUT2D eigenvalue weighted by Gasteiger charge is -2.12. The number of nitrogens with zero attached hydrogens (tertiary/aromatic N) is 1. The van der Waals surface area contributed by atoms with Crippen molar-refractivity contribution >= 4 is 5.91 Å². The minimum atomic E-state index is -0.330. The topological polar surface area (TPSA) is 95.5 Å². The normalized spacial score (nSPS) is 19.5. The van der Waals surface area contributed by atoms with Crippen LogP contribution in [0.4, 0.5) is 0 Å². The van der Waals surface area contributed by atoms with Crippen LogP contribution < -0.4 is 20.9 Å². The van der Waals surface area contributed by atoms with E-state index in [0.29, 0.717) is 26.0 Å². The van der Waals surface area contributed by atoms with Crippen molar-refractivity contribution in [2.75, 3.05) is 13.2 Å². The highest BCUT2D eigenvalue weighted by molar-refractivity contribution is 5.82. The predicted octanol–water partition coefficient (Wildman–Crippen LogP) is 1.28. The van der Waals surface area contributed by atoms with Gasteiger partial charge in [-0.15, -0.1) is 0 Å². The molecule has 0 aliphatic carbocycles. The van der Waals surface area contributed by atoms with Gasteiger partial charge < -0.3 is 15.2 Å². The van der Waals surface area contributed by atoms with Crippen LogP contribution in [0.1, 0.15) is 24.4 Å². The second-order valence-electron chi connectivity index (χ2n) is 5.87. The van der Waals surface area contributed by atoms with Crippen molar-refractivity contribution in [3.05, 3.63) is 54.4 Å². The average molecular weight is 342 g/mol. The van der Waals surface area contributed by atoms with Crippen molar-refractivity contribution in [3.63, 3.8) is 0 Å². The van der Waals surface area contributed by atoms with Crippen LogP contribution in [0.5, 0.6) is 11.5 Å². The highest BCUT2D eigenvalue weighted by Gasteiger charge is 2.30. The Morgan fingerprint density at radius 1 is 1.28 bits per heavy atom. The fraction of sp³-hybridized carbons (Fsp3) is 0.333. The van der Waals surface area contributed by atoms with E-state index in [0.717, 1.165) is 11.3 Å². The number of hydrazine groups is 1. The van der Waals surface area contributed by atoms with E-state index in [4.69, 9.17) is 4.74 Å². The van der Waals surface area contributed by atoms with Crippen LogP contribution in [0.25, 0.3) is 0 Å². The second-order valence-corrected chi connectivity index (χ2v) is 5.87. The highest BCUT2D eigenvalue weighted by atomic mass is 16.5. The Labute approximate surface area is 146 Å². The molecule has 7 heteroatoms. The SMILES string of the molecule is O=C(NCCCOc1cccnc1)C1CC(c2ccccc2O)NN1. The molecule has 132 valence electrons. The van der Waals surface area contributed by atoms with E-state index in [1.165, 1.54) is 0 Å². The molecule has 1 amide bonds. The van der Waals surface area contributed by atoms with Crippen molar-refractivity contribution in [2.24, 2.45) is 0 Å². The molecule has 1 aromatic heterocycles. The summed E-state index contributed by atoms with van der Waals surface area (Å²) in [5, 5.41) is 12.8. The van der Waals surface area contributed by atoms with Gasteiger partial charge in [-0.3, -0.25) is 9.78 Å². The maximum Gasteiger partial charge on any atom is 0.238 e. The number of benzene rings is 1. The number of carbonyl (C=O) groups excluding carboxylic acids is 1. The number of hydrogen-bond donors (Lipinski definition) is 4. The number of hydrogen-bond acceptors (Lipinski definition) is 6. The number of aromatic hydroxyl groups is 1. The first-order valence-corrected chi connectivity index (χ1v) is 8.33. The van der Waals surface area contributed by atoms with Gasteiger partial charge in [-0.2, -0.15) is 0 Å². The van der Waals surface area contributed by atoms with Gasteiger partial charge >= 0.3 is 0 Å². The van der Waals surface area contributed by atoms with Crippen LogP contribution in [-0.2, 0) is 4.79 Å². The minimum absolute atomic E-state index is 0.0631. The molecule has 0 radical (unpaired) electrons. The maximum atomic E-state index is 12.2. The monoisotopic (exact) mass is 342 g/mol. The van der Waals surface area contributed by atoms with Gasteiger partial charge in [0.15, 0.2) is 0 Å². The van der Waals surface area contributed by atoms with Crippen LogP contribution in [0.15, 0.2) is 48.8 Å². The van der Waals surface area contributed by atoms with E-state index < -0.39 is 0 Å². The summed E-state index contributed by atoms with van der Waals surface area (Å²) < 4.78 is 5.53. The first-order chi connectivity index (χ1) is 12.2. The number of phenols is 1. The summed E-state index contributed by atoms with van der Waals surface area (Å²) in [7, 11) is 0. The molecule has 0 spiro atoms. The molecule has 25 heavy (non-hydrogen) atoms. The number of aromatic nitrogens is 1. The van der Waals surface area contributed by atoms with Crippen molar-refractivity contribution in [2.45, 2.75) is 24.9 Å². The third kappa shape index (κ3) is 4.68. The van der Waals surface area contributed by atoms with Gasteiger partial charge in [0, 0.05) is 18.3 Å². The zero-order chi connectivity index (χ0) is 17.5. The number of nitrogens with one attached hydrogen (secondary N) is 3. The third-order valence-electron chi connectivity index (χ3n) is 4.06. The Bertz CT molecular complexity index is 696. The third-order valence-corrected chi connectivity index (χ3v) is 4.06. The zero-order valence-corrected chi connectivity index (χ0v) is 13.8. The molecule has 0 bridgehead atoms. The van der Waals surface area contributed by atoms with Gasteiger partial charge in [0.1, 0.15) is 17.5 Å². The molecular weight excluding hydrogens is 320 g/mol. The molecule has 3 rings (SSSR count). The Hall–Kier alpha value is -2.64. The molecule has 1 fully saturated rings. The Morgan fingerprint density at radius 3 is 2.96 bits per heavy atom. The molecule has 2 heterocycles. The van der Waals surface area contributed by atoms with Gasteiger partial charge in [-0.1, -0.05) is 18.2 Å². The molecule has 2 atom stereocenters. The van der Waals surface area contributed by atoms with Gasteiger partial charge in [0.2, 0.25) is 5.91 Å². The molecule has 1 saturated heterocycles. The average Bonchev–Trinajstić information content (AvgIpc) is 3.12. The summed E-state index contributed by atoms with van der Waals surface area (Å²) in [5.41, 5.74) is 6.84. The predicted molar refractivity (Wildman–Crippen MR) is 92.9 cm³/mol. The Morgan fingerprint density at radius 2 is 2.16 bits per heavy atom. The molecule has 1 aromatic carbocycles. The van der Waals surface area contributed by atoms with E-state index >= 15 is 0 Å². The molecule has 2 unspecified atom stereocenters. The first-order valence-electron chi connectivity index (χ1n) is 8.33. The largest absolute Gasteiger partial charge is 0.508 e. The second kappa shape index (κ2) is 8.46. The molecule has 2 aromatic rings. The summed E-state index contributed by atoms with van der Waals surface area (Å²) in [5.74, 6) is 0.892. The van der Waals surface area contributed by atoms with E-state index in [1.807, 2.05) is 24.3 Å². The van der Waals surface area contributed by atoms with Gasteiger partial charge in [-0.05, 0) is 31.0 Å². The minimum Gasteiger partial charge on any atom is -0.508 e. The highest BCUT2D eigenvalue weighted by Crippen LogP contribution is 2.28. The van der Waals surface area contributed by atoms with Crippen molar-refractivity contribution in [1.29, 1.82) is 0 Å². The van der Waals surface area contributed by atoms with Crippen LogP contribution in [0.3, 0.4) is 0 Å². The van der Waals surface area contributed by atoms with E-state index in [-0.39, 0.29) is 23.7 Å². The van der Waals surface area contributed by atoms with Crippen LogP contribution in [0, 0.1) is 0 Å². The fourth-order valence-corrected chi connectivity index (χ4v) is 2.74. The fourth-order valence-electron chi connectivity index (χ4n) is 2.74. The van der Waals surface area contributed by atoms with Gasteiger partial charge in [-0.25, -0.2) is 10.9 Å². The Balaban J connectivity index is 1.37. The number of ether oxygens (including phenoxy) is 1. The zero-order valence-electron chi connectivity index (χ0n) is 13.8. The smallest absolute Gasteiger partial charge is 0.238 e. The van der Waals surface area contributed by atoms with E-state index in [2.05, 4.69) is 21.2 Å². The van der Waals surface area contributed by atoms with Crippen molar-refractivity contribution in [1.82, 2.24) is 21.2 Å². The summed E-state index contributed by atoms with van der Waals surface area (Å²) in [6.07, 6.45) is 4.64. The molecule has 4 N–H and O–H groups in total. The Kier molecular flexibility index (Phi) is 5.81. The lowest BCUT2D eigenvalue weighted by molar-refractivity contribution is -0.122. The molecule has 1 aliphatic heterocycles. The molecular formula is C18H22N4O3. The van der Waals surface area contributed by atoms with Crippen LogP contribution >= 0.6 is 0 Å². The van der Waals surface area contributed by atoms with Gasteiger partial charge in [0.05, 0.1) is 18.8 Å². The van der Waals surface area contributed by atoms with Crippen LogP contribution in [0.2, 0.25) is 0 Å². The number of rotatable bonds is 7. The number of phenolic OH excluding ortho intramolecular Hbond substituents is 1. The number of pyridine rings is 1.